The molecular weight excluding hydrogens is 330 g/mol. The number of fused-ring (bicyclic) bond motifs is 1. The molecule has 1 aromatic carbocycles. The van der Waals surface area contributed by atoms with Gasteiger partial charge in [0.2, 0.25) is 0 Å². The minimum absolute atomic E-state index is 0.0785. The molecule has 2 atom stereocenters. The van der Waals surface area contributed by atoms with Crippen LogP contribution in [0.1, 0.15) is 53.0 Å². The van der Waals surface area contributed by atoms with Crippen LogP contribution in [-0.2, 0) is 17.6 Å². The van der Waals surface area contributed by atoms with E-state index in [-0.39, 0.29) is 17.9 Å². The van der Waals surface area contributed by atoms with Crippen LogP contribution in [0, 0.1) is 12.8 Å². The highest BCUT2D eigenvalue weighted by molar-refractivity contribution is 5.94. The second-order valence-corrected chi connectivity index (χ2v) is 7.39. The van der Waals surface area contributed by atoms with Gasteiger partial charge in [-0.2, -0.15) is 5.10 Å². The van der Waals surface area contributed by atoms with Crippen molar-refractivity contribution in [2.24, 2.45) is 5.92 Å². The number of rotatable bonds is 4. The van der Waals surface area contributed by atoms with Crippen LogP contribution in [0.25, 0.3) is 5.69 Å². The van der Waals surface area contributed by atoms with Crippen LogP contribution in [0.2, 0.25) is 0 Å². The first-order valence-corrected chi connectivity index (χ1v) is 9.24. The smallest absolute Gasteiger partial charge is 0.306 e. The number of aliphatic carboxylic acids is 1. The van der Waals surface area contributed by atoms with Crippen LogP contribution in [0.15, 0.2) is 24.3 Å². The number of hydrogen-bond donors (Lipinski definition) is 2. The van der Waals surface area contributed by atoms with E-state index in [0.29, 0.717) is 25.0 Å². The van der Waals surface area contributed by atoms with Crippen molar-refractivity contribution in [2.75, 3.05) is 0 Å². The second kappa shape index (κ2) is 6.59. The Morgan fingerprint density at radius 3 is 2.65 bits per heavy atom. The Kier molecular flexibility index (Phi) is 4.26. The first-order chi connectivity index (χ1) is 12.5. The van der Waals surface area contributed by atoms with E-state index in [1.807, 2.05) is 35.9 Å². The molecule has 0 bridgehead atoms. The fourth-order valence-electron chi connectivity index (χ4n) is 4.11. The first kappa shape index (κ1) is 16.8. The zero-order chi connectivity index (χ0) is 18.3. The van der Waals surface area contributed by atoms with Gasteiger partial charge in [-0.1, -0.05) is 17.7 Å². The number of carboxylic acid groups (broad SMARTS) is 1. The number of nitrogens with zero attached hydrogens (tertiary/aromatic N) is 2. The predicted octanol–water partition coefficient (Wildman–Crippen LogP) is 2.65. The lowest BCUT2D eigenvalue weighted by Gasteiger charge is -2.11. The Balaban J connectivity index is 1.57. The van der Waals surface area contributed by atoms with E-state index < -0.39 is 5.97 Å². The molecule has 0 unspecified atom stereocenters. The number of carbonyl (C=O) groups is 2. The van der Waals surface area contributed by atoms with E-state index in [0.717, 1.165) is 36.2 Å². The van der Waals surface area contributed by atoms with Crippen LogP contribution in [-0.4, -0.2) is 32.8 Å². The third-order valence-corrected chi connectivity index (χ3v) is 5.54. The number of hydrogen-bond acceptors (Lipinski definition) is 3. The van der Waals surface area contributed by atoms with Gasteiger partial charge in [0, 0.05) is 17.3 Å². The summed E-state index contributed by atoms with van der Waals surface area (Å²) in [6, 6.07) is 8.06. The van der Waals surface area contributed by atoms with Gasteiger partial charge >= 0.3 is 5.97 Å². The standard InChI is InChI=1S/C20H23N3O3/c1-12-5-9-15(10-6-12)23-17-4-2-3-16(17)18(22-23)19(24)21-14-8-7-13(11-14)20(25)26/h5-6,9-10,13-14H,2-4,7-8,11H2,1H3,(H,21,24)(H,25,26)/t13-,14+/m1/s1. The summed E-state index contributed by atoms with van der Waals surface area (Å²) >= 11 is 0. The molecule has 1 amide bonds. The predicted molar refractivity (Wildman–Crippen MR) is 96.6 cm³/mol. The zero-order valence-corrected chi connectivity index (χ0v) is 14.9. The number of carbonyl (C=O) groups excluding carboxylic acids is 1. The van der Waals surface area contributed by atoms with Gasteiger partial charge < -0.3 is 10.4 Å². The van der Waals surface area contributed by atoms with Crippen molar-refractivity contribution >= 4 is 11.9 Å². The minimum atomic E-state index is -0.772. The van der Waals surface area contributed by atoms with Crippen LogP contribution >= 0.6 is 0 Å². The molecule has 4 rings (SSSR count). The summed E-state index contributed by atoms with van der Waals surface area (Å²) in [5.41, 5.74) is 4.81. The largest absolute Gasteiger partial charge is 0.481 e. The van der Waals surface area contributed by atoms with Crippen LogP contribution in [0.4, 0.5) is 0 Å². The quantitative estimate of drug-likeness (QED) is 0.885. The third-order valence-electron chi connectivity index (χ3n) is 5.54. The summed E-state index contributed by atoms with van der Waals surface area (Å²) in [5, 5.41) is 16.8. The summed E-state index contributed by atoms with van der Waals surface area (Å²) in [6.45, 7) is 2.04. The molecule has 0 saturated heterocycles. The van der Waals surface area contributed by atoms with Gasteiger partial charge in [0.1, 0.15) is 0 Å². The molecule has 2 aliphatic rings. The summed E-state index contributed by atoms with van der Waals surface area (Å²) < 4.78 is 1.89. The van der Waals surface area contributed by atoms with E-state index in [9.17, 15) is 9.59 Å². The molecule has 6 heteroatoms. The van der Waals surface area contributed by atoms with Crippen molar-refractivity contribution in [2.45, 2.75) is 51.5 Å². The molecule has 0 spiro atoms. The molecule has 136 valence electrons. The molecule has 1 fully saturated rings. The molecule has 2 aromatic rings. The number of aryl methyl sites for hydroxylation is 1. The van der Waals surface area contributed by atoms with Crippen molar-refractivity contribution < 1.29 is 14.7 Å². The van der Waals surface area contributed by atoms with Crippen molar-refractivity contribution in [1.82, 2.24) is 15.1 Å². The molecule has 2 aliphatic carbocycles. The lowest BCUT2D eigenvalue weighted by molar-refractivity contribution is -0.141. The number of aromatic nitrogens is 2. The van der Waals surface area contributed by atoms with Crippen molar-refractivity contribution in [3.05, 3.63) is 46.8 Å². The van der Waals surface area contributed by atoms with Gasteiger partial charge in [0.25, 0.3) is 5.91 Å². The Morgan fingerprint density at radius 1 is 1.19 bits per heavy atom. The Labute approximate surface area is 152 Å². The lowest BCUT2D eigenvalue weighted by atomic mass is 10.1. The maximum atomic E-state index is 12.8. The van der Waals surface area contributed by atoms with Crippen molar-refractivity contribution in [3.8, 4) is 5.69 Å². The zero-order valence-electron chi connectivity index (χ0n) is 14.9. The van der Waals surface area contributed by atoms with Crippen LogP contribution in [0.3, 0.4) is 0 Å². The van der Waals surface area contributed by atoms with Gasteiger partial charge in [0.05, 0.1) is 11.6 Å². The first-order valence-electron chi connectivity index (χ1n) is 9.24. The molecule has 6 nitrogen and oxygen atoms in total. The van der Waals surface area contributed by atoms with Crippen molar-refractivity contribution in [3.63, 3.8) is 0 Å². The highest BCUT2D eigenvalue weighted by Crippen LogP contribution is 2.29. The van der Waals surface area contributed by atoms with Gasteiger partial charge in [-0.15, -0.1) is 0 Å². The van der Waals surface area contributed by atoms with E-state index >= 15 is 0 Å². The molecule has 0 radical (unpaired) electrons. The molecule has 26 heavy (non-hydrogen) atoms. The Hall–Kier alpha value is -2.63. The van der Waals surface area contributed by atoms with Crippen LogP contribution in [0.5, 0.6) is 0 Å². The summed E-state index contributed by atoms with van der Waals surface area (Å²) in [7, 11) is 0. The maximum Gasteiger partial charge on any atom is 0.306 e. The lowest BCUT2D eigenvalue weighted by Crippen LogP contribution is -2.34. The summed E-state index contributed by atoms with van der Waals surface area (Å²) in [5.74, 6) is -1.30. The maximum absolute atomic E-state index is 12.8. The number of carboxylic acids is 1. The van der Waals surface area contributed by atoms with E-state index in [1.165, 1.54) is 5.56 Å². The minimum Gasteiger partial charge on any atom is -0.481 e. The molecule has 2 N–H and O–H groups in total. The second-order valence-electron chi connectivity index (χ2n) is 7.39. The number of benzene rings is 1. The highest BCUT2D eigenvalue weighted by Gasteiger charge is 2.33. The molecule has 1 heterocycles. The van der Waals surface area contributed by atoms with Crippen LogP contribution < -0.4 is 5.32 Å². The number of nitrogens with one attached hydrogen (secondary N) is 1. The van der Waals surface area contributed by atoms with Gasteiger partial charge in [-0.25, -0.2) is 4.68 Å². The molecule has 1 saturated carbocycles. The average Bonchev–Trinajstić information content (AvgIpc) is 3.31. The molecule has 1 aromatic heterocycles. The SMILES string of the molecule is Cc1ccc(-n2nc(C(=O)N[C@H]3CC[C@@H](C(=O)O)C3)c3c2CCC3)cc1. The highest BCUT2D eigenvalue weighted by atomic mass is 16.4. The fourth-order valence-corrected chi connectivity index (χ4v) is 4.11. The van der Waals surface area contributed by atoms with E-state index in [1.54, 1.807) is 0 Å². The topological polar surface area (TPSA) is 84.2 Å². The molecule has 0 aliphatic heterocycles. The van der Waals surface area contributed by atoms with E-state index in [2.05, 4.69) is 10.4 Å². The third kappa shape index (κ3) is 3.00. The summed E-state index contributed by atoms with van der Waals surface area (Å²) in [6.07, 6.45) is 4.66. The van der Waals surface area contributed by atoms with Gasteiger partial charge in [-0.05, 0) is 57.6 Å². The van der Waals surface area contributed by atoms with Gasteiger partial charge in [0.15, 0.2) is 5.69 Å². The van der Waals surface area contributed by atoms with Crippen molar-refractivity contribution in [1.29, 1.82) is 0 Å². The number of amides is 1. The fraction of sp³-hybridized carbons (Fsp3) is 0.450. The van der Waals surface area contributed by atoms with E-state index in [4.69, 9.17) is 5.11 Å². The monoisotopic (exact) mass is 353 g/mol. The van der Waals surface area contributed by atoms with Gasteiger partial charge in [-0.3, -0.25) is 9.59 Å². The summed E-state index contributed by atoms with van der Waals surface area (Å²) in [4.78, 5) is 23.9. The average molecular weight is 353 g/mol. The normalized spacial score (nSPS) is 21.6. The molecular formula is C20H23N3O3. The Bertz CT molecular complexity index is 854. The Morgan fingerprint density at radius 2 is 1.96 bits per heavy atom.